The molecule has 0 spiro atoms. The van der Waals surface area contributed by atoms with Gasteiger partial charge in [-0.05, 0) is 37.6 Å². The summed E-state index contributed by atoms with van der Waals surface area (Å²) in [4.78, 5) is 2.28. The molecule has 1 N–H and O–H groups in total. The number of benzene rings is 1. The summed E-state index contributed by atoms with van der Waals surface area (Å²) in [6, 6.07) is 8.15. The molecule has 0 aliphatic rings. The zero-order valence-electron chi connectivity index (χ0n) is 12.6. The average Bonchev–Trinajstić information content (AvgIpc) is 2.45. The van der Waals surface area contributed by atoms with Gasteiger partial charge in [0.2, 0.25) is 0 Å². The lowest BCUT2D eigenvalue weighted by atomic mass is 9.82. The highest BCUT2D eigenvalue weighted by atomic mass is 16.5. The molecule has 0 saturated carbocycles. The minimum absolute atomic E-state index is 0.0214. The topological polar surface area (TPSA) is 32.7 Å². The van der Waals surface area contributed by atoms with Crippen molar-refractivity contribution in [3.63, 3.8) is 0 Å². The van der Waals surface area contributed by atoms with Crippen LogP contribution >= 0.6 is 0 Å². The van der Waals surface area contributed by atoms with E-state index in [4.69, 9.17) is 4.74 Å². The van der Waals surface area contributed by atoms with Gasteiger partial charge in [-0.3, -0.25) is 0 Å². The van der Waals surface area contributed by atoms with Gasteiger partial charge in [0.25, 0.3) is 0 Å². The molecule has 0 aromatic heterocycles. The Morgan fingerprint density at radius 1 is 1.26 bits per heavy atom. The highest BCUT2D eigenvalue weighted by Gasteiger charge is 2.26. The van der Waals surface area contributed by atoms with Gasteiger partial charge in [-0.2, -0.15) is 0 Å². The molecule has 1 rings (SSSR count). The van der Waals surface area contributed by atoms with Crippen molar-refractivity contribution in [3.05, 3.63) is 29.8 Å². The second-order valence-electron chi connectivity index (χ2n) is 5.39. The first-order chi connectivity index (χ1) is 9.09. The fourth-order valence-corrected chi connectivity index (χ4v) is 2.46. The number of aliphatic hydroxyl groups excluding tert-OH is 1. The van der Waals surface area contributed by atoms with Crippen LogP contribution in [0.25, 0.3) is 0 Å². The Morgan fingerprint density at radius 3 is 2.47 bits per heavy atom. The Morgan fingerprint density at radius 2 is 1.95 bits per heavy atom. The van der Waals surface area contributed by atoms with Gasteiger partial charge in [0.15, 0.2) is 0 Å². The molecule has 0 bridgehead atoms. The number of rotatable bonds is 8. The summed E-state index contributed by atoms with van der Waals surface area (Å²) in [7, 11) is 3.79. The summed E-state index contributed by atoms with van der Waals surface area (Å²) in [6.45, 7) is 6.34. The first-order valence-electron chi connectivity index (χ1n) is 7.01. The number of methoxy groups -OCH3 is 1. The average molecular weight is 265 g/mol. The van der Waals surface area contributed by atoms with E-state index >= 15 is 0 Å². The van der Waals surface area contributed by atoms with E-state index in [1.54, 1.807) is 7.11 Å². The molecule has 1 aromatic rings. The lowest BCUT2D eigenvalue weighted by molar-refractivity contribution is 0.0731. The molecule has 0 unspecified atom stereocenters. The molecule has 0 amide bonds. The summed E-state index contributed by atoms with van der Waals surface area (Å²) in [5.41, 5.74) is 1.26. The zero-order valence-corrected chi connectivity index (χ0v) is 12.6. The standard InChI is InChI=1S/C16H27NO2/c1-5-16(6-2,13-18)12-17(3)11-14-8-7-9-15(10-14)19-4/h7-10,18H,5-6,11-13H2,1-4H3. The van der Waals surface area contributed by atoms with E-state index in [0.717, 1.165) is 31.7 Å². The maximum Gasteiger partial charge on any atom is 0.119 e. The van der Waals surface area contributed by atoms with Gasteiger partial charge < -0.3 is 14.7 Å². The van der Waals surface area contributed by atoms with E-state index in [-0.39, 0.29) is 12.0 Å². The third-order valence-electron chi connectivity index (χ3n) is 4.03. The second kappa shape index (κ2) is 7.51. The minimum atomic E-state index is 0.0214. The van der Waals surface area contributed by atoms with Gasteiger partial charge in [-0.1, -0.05) is 26.0 Å². The van der Waals surface area contributed by atoms with Crippen molar-refractivity contribution in [2.24, 2.45) is 5.41 Å². The lowest BCUT2D eigenvalue weighted by Gasteiger charge is -2.34. The SMILES string of the molecule is CCC(CC)(CO)CN(C)Cc1cccc(OC)c1. The number of hydrogen-bond acceptors (Lipinski definition) is 3. The number of nitrogens with zero attached hydrogens (tertiary/aromatic N) is 1. The van der Waals surface area contributed by atoms with Gasteiger partial charge in [0.05, 0.1) is 7.11 Å². The van der Waals surface area contributed by atoms with Crippen LogP contribution < -0.4 is 4.74 Å². The number of hydrogen-bond donors (Lipinski definition) is 1. The highest BCUT2D eigenvalue weighted by molar-refractivity contribution is 5.28. The molecule has 0 aliphatic carbocycles. The summed E-state index contributed by atoms with van der Waals surface area (Å²) in [6.07, 6.45) is 2.00. The van der Waals surface area contributed by atoms with Crippen molar-refractivity contribution in [2.45, 2.75) is 33.2 Å². The van der Waals surface area contributed by atoms with Crippen molar-refractivity contribution < 1.29 is 9.84 Å². The van der Waals surface area contributed by atoms with E-state index in [1.165, 1.54) is 5.56 Å². The third kappa shape index (κ3) is 4.51. The normalized spacial score (nSPS) is 11.9. The first kappa shape index (κ1) is 16.0. The molecule has 0 fully saturated rings. The number of ether oxygens (including phenoxy) is 1. The van der Waals surface area contributed by atoms with E-state index in [0.29, 0.717) is 0 Å². The van der Waals surface area contributed by atoms with Gasteiger partial charge >= 0.3 is 0 Å². The Hall–Kier alpha value is -1.06. The van der Waals surface area contributed by atoms with Crippen LogP contribution in [-0.4, -0.2) is 37.3 Å². The van der Waals surface area contributed by atoms with Crippen molar-refractivity contribution >= 4 is 0 Å². The molecule has 3 nitrogen and oxygen atoms in total. The van der Waals surface area contributed by atoms with Crippen molar-refractivity contribution in [1.29, 1.82) is 0 Å². The van der Waals surface area contributed by atoms with Crippen LogP contribution in [0.15, 0.2) is 24.3 Å². The van der Waals surface area contributed by atoms with E-state index < -0.39 is 0 Å². The van der Waals surface area contributed by atoms with Gasteiger partial charge in [-0.25, -0.2) is 0 Å². The van der Waals surface area contributed by atoms with Gasteiger partial charge in [-0.15, -0.1) is 0 Å². The molecule has 0 aliphatic heterocycles. The lowest BCUT2D eigenvalue weighted by Crippen LogP contribution is -2.37. The molecule has 0 atom stereocenters. The summed E-state index contributed by atoms with van der Waals surface area (Å²) >= 11 is 0. The van der Waals surface area contributed by atoms with E-state index in [2.05, 4.69) is 37.9 Å². The van der Waals surface area contributed by atoms with E-state index in [9.17, 15) is 5.11 Å². The minimum Gasteiger partial charge on any atom is -0.497 e. The third-order valence-corrected chi connectivity index (χ3v) is 4.03. The largest absolute Gasteiger partial charge is 0.497 e. The predicted octanol–water partition coefficient (Wildman–Crippen LogP) is 2.93. The monoisotopic (exact) mass is 265 g/mol. The molecular weight excluding hydrogens is 238 g/mol. The molecular formula is C16H27NO2. The quantitative estimate of drug-likeness (QED) is 0.784. The predicted molar refractivity (Wildman–Crippen MR) is 79.4 cm³/mol. The molecule has 0 saturated heterocycles. The number of aliphatic hydroxyl groups is 1. The van der Waals surface area contributed by atoms with Crippen LogP contribution in [0.1, 0.15) is 32.3 Å². The molecule has 1 aromatic carbocycles. The summed E-state index contributed by atoms with van der Waals surface area (Å²) in [5, 5.41) is 9.63. The molecule has 108 valence electrons. The summed E-state index contributed by atoms with van der Waals surface area (Å²) < 4.78 is 5.24. The Labute approximate surface area is 117 Å². The van der Waals surface area contributed by atoms with Crippen molar-refractivity contribution in [1.82, 2.24) is 4.90 Å². The van der Waals surface area contributed by atoms with Crippen LogP contribution in [0.2, 0.25) is 0 Å². The van der Waals surface area contributed by atoms with Gasteiger partial charge in [0, 0.05) is 25.1 Å². The van der Waals surface area contributed by atoms with Crippen molar-refractivity contribution in [2.75, 3.05) is 27.3 Å². The first-order valence-corrected chi connectivity index (χ1v) is 7.01. The zero-order chi connectivity index (χ0) is 14.3. The maximum absolute atomic E-state index is 9.63. The van der Waals surface area contributed by atoms with E-state index in [1.807, 2.05) is 12.1 Å². The molecule has 3 heteroatoms. The Kier molecular flexibility index (Phi) is 6.32. The smallest absolute Gasteiger partial charge is 0.119 e. The Balaban J connectivity index is 2.65. The van der Waals surface area contributed by atoms with Crippen LogP contribution in [0.5, 0.6) is 5.75 Å². The van der Waals surface area contributed by atoms with Crippen LogP contribution in [0.3, 0.4) is 0 Å². The molecule has 19 heavy (non-hydrogen) atoms. The van der Waals surface area contributed by atoms with Crippen LogP contribution in [-0.2, 0) is 6.54 Å². The second-order valence-corrected chi connectivity index (χ2v) is 5.39. The van der Waals surface area contributed by atoms with Crippen LogP contribution in [0, 0.1) is 5.41 Å². The Bertz CT molecular complexity index is 367. The van der Waals surface area contributed by atoms with Gasteiger partial charge in [0.1, 0.15) is 5.75 Å². The molecule has 0 heterocycles. The fourth-order valence-electron chi connectivity index (χ4n) is 2.46. The van der Waals surface area contributed by atoms with Crippen LogP contribution in [0.4, 0.5) is 0 Å². The fraction of sp³-hybridized carbons (Fsp3) is 0.625. The molecule has 0 radical (unpaired) electrons. The maximum atomic E-state index is 9.63. The highest BCUT2D eigenvalue weighted by Crippen LogP contribution is 2.27. The van der Waals surface area contributed by atoms with Crippen molar-refractivity contribution in [3.8, 4) is 5.75 Å². The summed E-state index contributed by atoms with van der Waals surface area (Å²) in [5.74, 6) is 0.894.